The van der Waals surface area contributed by atoms with Crippen molar-refractivity contribution in [1.29, 1.82) is 0 Å². The maximum atomic E-state index is 5.56. The Hall–Kier alpha value is -1.94. The third kappa shape index (κ3) is 4.53. The van der Waals surface area contributed by atoms with Crippen molar-refractivity contribution in [2.75, 3.05) is 11.9 Å². The molecule has 21 heavy (non-hydrogen) atoms. The Bertz CT molecular complexity index is 576. The molecule has 0 bridgehead atoms. The van der Waals surface area contributed by atoms with Gasteiger partial charge in [-0.1, -0.05) is 38.1 Å². The van der Waals surface area contributed by atoms with Crippen molar-refractivity contribution in [3.8, 4) is 0 Å². The second-order valence-corrected chi connectivity index (χ2v) is 5.62. The van der Waals surface area contributed by atoms with Crippen LogP contribution < -0.4 is 11.1 Å². The van der Waals surface area contributed by atoms with E-state index < -0.39 is 0 Å². The number of anilines is 1. The molecule has 0 fully saturated rings. The van der Waals surface area contributed by atoms with Crippen molar-refractivity contribution >= 4 is 5.82 Å². The van der Waals surface area contributed by atoms with E-state index in [0.29, 0.717) is 12.5 Å². The highest BCUT2D eigenvalue weighted by Crippen LogP contribution is 2.14. The van der Waals surface area contributed by atoms with E-state index in [1.165, 1.54) is 11.1 Å². The second kappa shape index (κ2) is 7.18. The van der Waals surface area contributed by atoms with E-state index >= 15 is 0 Å². The molecule has 4 nitrogen and oxygen atoms in total. The molecule has 0 aliphatic carbocycles. The highest BCUT2D eigenvalue weighted by atomic mass is 15.0. The van der Waals surface area contributed by atoms with E-state index in [-0.39, 0.29) is 0 Å². The van der Waals surface area contributed by atoms with Crippen LogP contribution in [0.3, 0.4) is 0 Å². The summed E-state index contributed by atoms with van der Waals surface area (Å²) in [6, 6.07) is 10.5. The van der Waals surface area contributed by atoms with Crippen molar-refractivity contribution < 1.29 is 0 Å². The van der Waals surface area contributed by atoms with Crippen LogP contribution in [0, 0.1) is 6.92 Å². The number of benzene rings is 1. The van der Waals surface area contributed by atoms with E-state index in [0.717, 1.165) is 30.3 Å². The van der Waals surface area contributed by atoms with Gasteiger partial charge >= 0.3 is 0 Å². The fourth-order valence-corrected chi connectivity index (χ4v) is 2.12. The van der Waals surface area contributed by atoms with E-state index in [9.17, 15) is 0 Å². The Kier molecular flexibility index (Phi) is 5.28. The molecule has 2 rings (SSSR count). The summed E-state index contributed by atoms with van der Waals surface area (Å²) < 4.78 is 0. The molecule has 112 valence electrons. The molecule has 1 heterocycles. The summed E-state index contributed by atoms with van der Waals surface area (Å²) in [4.78, 5) is 9.01. The third-order valence-electron chi connectivity index (χ3n) is 3.32. The molecule has 1 aromatic heterocycles. The van der Waals surface area contributed by atoms with Gasteiger partial charge in [-0.2, -0.15) is 0 Å². The van der Waals surface area contributed by atoms with Crippen molar-refractivity contribution in [1.82, 2.24) is 9.97 Å². The molecule has 0 aliphatic heterocycles. The predicted molar refractivity (Wildman–Crippen MR) is 87.4 cm³/mol. The first-order chi connectivity index (χ1) is 10.1. The first-order valence-corrected chi connectivity index (χ1v) is 7.46. The van der Waals surface area contributed by atoms with Gasteiger partial charge in [0.25, 0.3) is 0 Å². The molecule has 0 saturated carbocycles. The minimum Gasteiger partial charge on any atom is -0.366 e. The van der Waals surface area contributed by atoms with Gasteiger partial charge in [0.2, 0.25) is 0 Å². The molecule has 0 atom stereocenters. The lowest BCUT2D eigenvalue weighted by Gasteiger charge is -2.10. The summed E-state index contributed by atoms with van der Waals surface area (Å²) in [6.07, 6.45) is 0.927. The summed E-state index contributed by atoms with van der Waals surface area (Å²) in [5, 5.41) is 3.37. The maximum Gasteiger partial charge on any atom is 0.133 e. The molecule has 0 saturated heterocycles. The van der Waals surface area contributed by atoms with Crippen LogP contribution in [0.1, 0.15) is 42.4 Å². The molecule has 0 radical (unpaired) electrons. The number of rotatable bonds is 6. The number of nitrogens with one attached hydrogen (secondary N) is 1. The van der Waals surface area contributed by atoms with Gasteiger partial charge in [0, 0.05) is 24.2 Å². The van der Waals surface area contributed by atoms with Gasteiger partial charge in [0.1, 0.15) is 11.6 Å². The van der Waals surface area contributed by atoms with Crippen LogP contribution in [0.4, 0.5) is 5.82 Å². The lowest BCUT2D eigenvalue weighted by Crippen LogP contribution is -2.07. The van der Waals surface area contributed by atoms with Gasteiger partial charge in [-0.15, -0.1) is 0 Å². The van der Waals surface area contributed by atoms with Crippen LogP contribution in [-0.2, 0) is 13.0 Å². The largest absolute Gasteiger partial charge is 0.366 e. The van der Waals surface area contributed by atoms with E-state index in [1.54, 1.807) is 0 Å². The van der Waals surface area contributed by atoms with Crippen LogP contribution in [0.25, 0.3) is 0 Å². The molecular weight excluding hydrogens is 260 g/mol. The topological polar surface area (TPSA) is 63.8 Å². The monoisotopic (exact) mass is 284 g/mol. The van der Waals surface area contributed by atoms with Gasteiger partial charge in [0.05, 0.1) is 0 Å². The van der Waals surface area contributed by atoms with E-state index in [1.807, 2.05) is 13.0 Å². The average Bonchev–Trinajstić information content (AvgIpc) is 2.46. The van der Waals surface area contributed by atoms with Crippen molar-refractivity contribution in [2.24, 2.45) is 5.73 Å². The lowest BCUT2D eigenvalue weighted by atomic mass is 10.1. The normalized spacial score (nSPS) is 10.9. The number of hydrogen-bond donors (Lipinski definition) is 2. The van der Waals surface area contributed by atoms with Crippen LogP contribution >= 0.6 is 0 Å². The van der Waals surface area contributed by atoms with Crippen LogP contribution in [-0.4, -0.2) is 16.5 Å². The van der Waals surface area contributed by atoms with Crippen LogP contribution in [0.15, 0.2) is 30.3 Å². The molecule has 1 aromatic carbocycles. The Balaban J connectivity index is 2.02. The zero-order valence-electron chi connectivity index (χ0n) is 13.1. The molecular formula is C17H24N4. The van der Waals surface area contributed by atoms with Gasteiger partial charge in [0.15, 0.2) is 0 Å². The Labute approximate surface area is 126 Å². The Morgan fingerprint density at radius 1 is 1.10 bits per heavy atom. The highest BCUT2D eigenvalue weighted by molar-refractivity contribution is 5.37. The zero-order valence-corrected chi connectivity index (χ0v) is 13.1. The highest BCUT2D eigenvalue weighted by Gasteiger charge is 2.06. The third-order valence-corrected chi connectivity index (χ3v) is 3.32. The summed E-state index contributed by atoms with van der Waals surface area (Å²) in [6.45, 7) is 7.66. The van der Waals surface area contributed by atoms with Crippen LogP contribution in [0.2, 0.25) is 0 Å². The van der Waals surface area contributed by atoms with Gasteiger partial charge in [-0.25, -0.2) is 9.97 Å². The van der Waals surface area contributed by atoms with E-state index in [4.69, 9.17) is 5.73 Å². The summed E-state index contributed by atoms with van der Waals surface area (Å²) in [7, 11) is 0. The Morgan fingerprint density at radius 3 is 2.38 bits per heavy atom. The first kappa shape index (κ1) is 15.4. The number of hydrogen-bond acceptors (Lipinski definition) is 4. The fraction of sp³-hybridized carbons (Fsp3) is 0.412. The molecule has 0 unspecified atom stereocenters. The predicted octanol–water partition coefficient (Wildman–Crippen LogP) is 3.02. The molecule has 0 spiro atoms. The number of aromatic nitrogens is 2. The van der Waals surface area contributed by atoms with Crippen LogP contribution in [0.5, 0.6) is 0 Å². The quantitative estimate of drug-likeness (QED) is 0.856. The SMILES string of the molecule is Cc1cc(NCc2ccc(CCN)cc2)nc(C(C)C)n1. The van der Waals surface area contributed by atoms with Gasteiger partial charge in [-0.05, 0) is 31.0 Å². The number of aryl methyl sites for hydroxylation is 1. The fourth-order valence-electron chi connectivity index (χ4n) is 2.12. The smallest absolute Gasteiger partial charge is 0.133 e. The number of nitrogens with zero attached hydrogens (tertiary/aromatic N) is 2. The van der Waals surface area contributed by atoms with E-state index in [2.05, 4.69) is 53.4 Å². The molecule has 4 heteroatoms. The molecule has 2 aromatic rings. The van der Waals surface area contributed by atoms with Crippen molar-refractivity contribution in [3.05, 3.63) is 53.0 Å². The van der Waals surface area contributed by atoms with Crippen molar-refractivity contribution in [2.45, 2.75) is 39.7 Å². The minimum atomic E-state index is 0.334. The summed E-state index contributed by atoms with van der Waals surface area (Å²) in [5.74, 6) is 2.11. The molecule has 0 aliphatic rings. The van der Waals surface area contributed by atoms with Crippen molar-refractivity contribution in [3.63, 3.8) is 0 Å². The first-order valence-electron chi connectivity index (χ1n) is 7.46. The lowest BCUT2D eigenvalue weighted by molar-refractivity contribution is 0.766. The minimum absolute atomic E-state index is 0.334. The zero-order chi connectivity index (χ0) is 15.2. The Morgan fingerprint density at radius 2 is 1.76 bits per heavy atom. The molecule has 3 N–H and O–H groups in total. The second-order valence-electron chi connectivity index (χ2n) is 5.62. The summed E-state index contributed by atoms with van der Waals surface area (Å²) in [5.41, 5.74) is 9.07. The van der Waals surface area contributed by atoms with Gasteiger partial charge < -0.3 is 11.1 Å². The summed E-state index contributed by atoms with van der Waals surface area (Å²) >= 11 is 0. The average molecular weight is 284 g/mol. The maximum absolute atomic E-state index is 5.56. The standard InChI is InChI=1S/C17H24N4/c1-12(2)17-20-13(3)10-16(21-17)19-11-15-6-4-14(5-7-15)8-9-18/h4-7,10,12H,8-9,11,18H2,1-3H3,(H,19,20,21). The number of nitrogens with two attached hydrogens (primary N) is 1. The van der Waals surface area contributed by atoms with Gasteiger partial charge in [-0.3, -0.25) is 0 Å². The molecule has 0 amide bonds.